The molecule has 2 aliphatic rings. The van der Waals surface area contributed by atoms with Crippen molar-refractivity contribution in [1.29, 1.82) is 0 Å². The quantitative estimate of drug-likeness (QED) is 0.647. The van der Waals surface area contributed by atoms with E-state index in [1.54, 1.807) is 0 Å². The van der Waals surface area contributed by atoms with Gasteiger partial charge in [-0.1, -0.05) is 29.5 Å². The Hall–Kier alpha value is -0.900. The summed E-state index contributed by atoms with van der Waals surface area (Å²) in [5.41, 5.74) is 2.72. The minimum atomic E-state index is 0.176. The fourth-order valence-electron chi connectivity index (χ4n) is 2.63. The molecule has 0 spiro atoms. The average molecular weight is 205 g/mol. The van der Waals surface area contributed by atoms with Gasteiger partial charge in [0, 0.05) is 13.0 Å². The van der Waals surface area contributed by atoms with E-state index < -0.39 is 0 Å². The Morgan fingerprint density at radius 3 is 2.93 bits per heavy atom. The van der Waals surface area contributed by atoms with Gasteiger partial charge in [0.1, 0.15) is 6.10 Å². The lowest BCUT2D eigenvalue weighted by Gasteiger charge is -2.36. The molecular formula is C12H15NO2. The third-order valence-electron chi connectivity index (χ3n) is 3.39. The van der Waals surface area contributed by atoms with E-state index in [0.717, 1.165) is 6.42 Å². The van der Waals surface area contributed by atoms with E-state index in [1.807, 2.05) is 7.05 Å². The molecule has 0 N–H and O–H groups in total. The summed E-state index contributed by atoms with van der Waals surface area (Å²) in [6.07, 6.45) is 1.46. The molecule has 1 heterocycles. The van der Waals surface area contributed by atoms with Crippen molar-refractivity contribution in [2.45, 2.75) is 25.6 Å². The van der Waals surface area contributed by atoms with Gasteiger partial charge in [-0.25, -0.2) is 0 Å². The molecule has 15 heavy (non-hydrogen) atoms. The molecule has 1 aliphatic heterocycles. The largest absolute Gasteiger partial charge is 0.271 e. The van der Waals surface area contributed by atoms with Crippen LogP contribution in [0.5, 0.6) is 0 Å². The molecular weight excluding hydrogens is 190 g/mol. The highest BCUT2D eigenvalue weighted by atomic mass is 17.0. The van der Waals surface area contributed by atoms with Crippen LogP contribution in [0.15, 0.2) is 24.3 Å². The predicted octanol–water partition coefficient (Wildman–Crippen LogP) is 2.10. The molecule has 3 atom stereocenters. The maximum Gasteiger partial charge on any atom is 0.113 e. The molecule has 1 fully saturated rings. The maximum atomic E-state index is 5.72. The lowest BCUT2D eigenvalue weighted by molar-refractivity contribution is -0.434. The summed E-state index contributed by atoms with van der Waals surface area (Å²) in [5, 5.41) is 1.49. The minimum absolute atomic E-state index is 0.176. The Balaban J connectivity index is 1.98. The fraction of sp³-hybridized carbons (Fsp3) is 0.500. The fourth-order valence-corrected chi connectivity index (χ4v) is 2.63. The van der Waals surface area contributed by atoms with E-state index in [-0.39, 0.29) is 12.2 Å². The van der Waals surface area contributed by atoms with Crippen LogP contribution in [0.3, 0.4) is 0 Å². The lowest BCUT2D eigenvalue weighted by atomic mass is 9.97. The number of benzene rings is 1. The summed E-state index contributed by atoms with van der Waals surface area (Å²) in [7, 11) is 1.81. The second-order valence-electron chi connectivity index (χ2n) is 4.34. The summed E-state index contributed by atoms with van der Waals surface area (Å²) >= 11 is 0. The number of hydroxylamine groups is 2. The van der Waals surface area contributed by atoms with Gasteiger partial charge in [-0.2, -0.15) is 0 Å². The average Bonchev–Trinajstić information content (AvgIpc) is 2.57. The highest BCUT2D eigenvalue weighted by Gasteiger charge is 2.42. The number of rotatable bonds is 0. The molecule has 1 aromatic carbocycles. The van der Waals surface area contributed by atoms with Crippen LogP contribution in [-0.2, 0) is 16.1 Å². The molecule has 80 valence electrons. The third kappa shape index (κ3) is 1.39. The first-order valence-electron chi connectivity index (χ1n) is 5.41. The highest BCUT2D eigenvalue weighted by molar-refractivity contribution is 5.35. The van der Waals surface area contributed by atoms with Crippen molar-refractivity contribution in [2.24, 2.45) is 5.92 Å². The normalized spacial score (nSPS) is 34.9. The molecule has 0 aromatic heterocycles. The number of hydrogen-bond acceptors (Lipinski definition) is 3. The Morgan fingerprint density at radius 2 is 2.07 bits per heavy atom. The summed E-state index contributed by atoms with van der Waals surface area (Å²) in [4.78, 5) is 11.3. The number of fused-ring (bicyclic) bond motifs is 3. The first kappa shape index (κ1) is 9.33. The first-order valence-corrected chi connectivity index (χ1v) is 5.41. The summed E-state index contributed by atoms with van der Waals surface area (Å²) in [5.74, 6) is 0.457. The van der Waals surface area contributed by atoms with Crippen LogP contribution < -0.4 is 0 Å². The SMILES string of the molecule is CC1ON(C)OC2c3ccccc3CC12. The Kier molecular flexibility index (Phi) is 2.06. The molecule has 3 unspecified atom stereocenters. The molecule has 0 saturated carbocycles. The zero-order chi connectivity index (χ0) is 10.4. The van der Waals surface area contributed by atoms with Gasteiger partial charge in [-0.3, -0.25) is 9.68 Å². The van der Waals surface area contributed by atoms with Crippen molar-refractivity contribution < 1.29 is 9.68 Å². The standard InChI is InChI=1S/C12H15NO2/c1-8-11-7-9-5-3-4-6-10(9)12(11)15-13(2)14-8/h3-6,8,11-12H,7H2,1-2H3. The summed E-state index contributed by atoms with van der Waals surface area (Å²) in [6, 6.07) is 8.51. The van der Waals surface area contributed by atoms with Crippen molar-refractivity contribution in [3.05, 3.63) is 35.4 Å². The van der Waals surface area contributed by atoms with Crippen LogP contribution in [0.1, 0.15) is 24.2 Å². The molecule has 0 amide bonds. The van der Waals surface area contributed by atoms with Gasteiger partial charge in [0.2, 0.25) is 0 Å². The van der Waals surface area contributed by atoms with Crippen LogP contribution in [0.2, 0.25) is 0 Å². The molecule has 0 radical (unpaired) electrons. The van der Waals surface area contributed by atoms with Crippen LogP contribution >= 0.6 is 0 Å². The molecule has 0 bridgehead atoms. The second-order valence-corrected chi connectivity index (χ2v) is 4.34. The predicted molar refractivity (Wildman–Crippen MR) is 55.8 cm³/mol. The molecule has 1 saturated heterocycles. The van der Waals surface area contributed by atoms with Crippen molar-refractivity contribution in [1.82, 2.24) is 5.23 Å². The van der Waals surface area contributed by atoms with Gasteiger partial charge in [0.05, 0.1) is 6.10 Å². The lowest BCUT2D eigenvalue weighted by Crippen LogP contribution is -2.40. The first-order chi connectivity index (χ1) is 7.25. The Bertz CT molecular complexity index is 380. The molecule has 3 nitrogen and oxygen atoms in total. The van der Waals surface area contributed by atoms with Gasteiger partial charge in [-0.05, 0) is 24.5 Å². The zero-order valence-corrected chi connectivity index (χ0v) is 9.01. The van der Waals surface area contributed by atoms with Gasteiger partial charge < -0.3 is 0 Å². The van der Waals surface area contributed by atoms with Crippen molar-refractivity contribution >= 4 is 0 Å². The van der Waals surface area contributed by atoms with Crippen LogP contribution in [-0.4, -0.2) is 18.4 Å². The second kappa shape index (κ2) is 3.30. The smallest absolute Gasteiger partial charge is 0.113 e. The maximum absolute atomic E-state index is 5.72. The van der Waals surface area contributed by atoms with Crippen LogP contribution in [0.4, 0.5) is 0 Å². The minimum Gasteiger partial charge on any atom is -0.271 e. The molecule has 3 heteroatoms. The molecule has 3 rings (SSSR count). The van der Waals surface area contributed by atoms with Crippen molar-refractivity contribution in [3.8, 4) is 0 Å². The van der Waals surface area contributed by atoms with Gasteiger partial charge in [0.25, 0.3) is 0 Å². The van der Waals surface area contributed by atoms with E-state index in [9.17, 15) is 0 Å². The van der Waals surface area contributed by atoms with E-state index in [1.165, 1.54) is 16.4 Å². The van der Waals surface area contributed by atoms with Crippen LogP contribution in [0.25, 0.3) is 0 Å². The van der Waals surface area contributed by atoms with Gasteiger partial charge in [-0.15, -0.1) is 0 Å². The summed E-state index contributed by atoms with van der Waals surface area (Å²) in [6.45, 7) is 2.11. The number of nitrogens with zero attached hydrogens (tertiary/aromatic N) is 1. The van der Waals surface area contributed by atoms with E-state index >= 15 is 0 Å². The van der Waals surface area contributed by atoms with Crippen LogP contribution in [0, 0.1) is 5.92 Å². The highest BCUT2D eigenvalue weighted by Crippen LogP contribution is 2.44. The number of hydrogen-bond donors (Lipinski definition) is 0. The van der Waals surface area contributed by atoms with E-state index in [0.29, 0.717) is 5.92 Å². The van der Waals surface area contributed by atoms with Gasteiger partial charge in [0.15, 0.2) is 0 Å². The van der Waals surface area contributed by atoms with E-state index in [4.69, 9.17) is 9.68 Å². The monoisotopic (exact) mass is 205 g/mol. The van der Waals surface area contributed by atoms with Crippen molar-refractivity contribution in [3.63, 3.8) is 0 Å². The molecule has 1 aliphatic carbocycles. The zero-order valence-electron chi connectivity index (χ0n) is 9.01. The third-order valence-corrected chi connectivity index (χ3v) is 3.39. The topological polar surface area (TPSA) is 21.7 Å². The molecule has 1 aromatic rings. The van der Waals surface area contributed by atoms with Gasteiger partial charge >= 0.3 is 0 Å². The van der Waals surface area contributed by atoms with Crippen molar-refractivity contribution in [2.75, 3.05) is 7.05 Å². The van der Waals surface area contributed by atoms with E-state index in [2.05, 4.69) is 31.2 Å². The summed E-state index contributed by atoms with van der Waals surface area (Å²) < 4.78 is 0. The Labute approximate surface area is 89.5 Å². The Morgan fingerprint density at radius 1 is 1.27 bits per heavy atom.